The van der Waals surface area contributed by atoms with Crippen LogP contribution < -0.4 is 10.1 Å². The number of thioether (sulfide) groups is 1. The molecule has 1 aromatic heterocycles. The molecule has 0 spiro atoms. The molecule has 1 N–H and O–H groups in total. The Morgan fingerprint density at radius 1 is 1.24 bits per heavy atom. The number of hydrogen-bond donors (Lipinski definition) is 1. The van der Waals surface area contributed by atoms with Gasteiger partial charge < -0.3 is 14.6 Å². The number of carbonyl (C=O) groups excluding carboxylic acids is 1. The van der Waals surface area contributed by atoms with Gasteiger partial charge in [0, 0.05) is 24.2 Å². The van der Waals surface area contributed by atoms with Crippen LogP contribution in [0.4, 0.5) is 11.4 Å². The van der Waals surface area contributed by atoms with Gasteiger partial charge in [0.25, 0.3) is 5.69 Å². The zero-order chi connectivity index (χ0) is 20.8. The summed E-state index contributed by atoms with van der Waals surface area (Å²) in [5.41, 5.74) is 1.17. The number of nitro benzene ring substituents is 1. The maximum atomic E-state index is 12.3. The molecule has 3 rings (SSSR count). The largest absolute Gasteiger partial charge is 0.495 e. The van der Waals surface area contributed by atoms with Crippen LogP contribution >= 0.6 is 11.8 Å². The van der Waals surface area contributed by atoms with Gasteiger partial charge in [0.2, 0.25) is 5.91 Å². The molecular weight excluding hydrogens is 394 g/mol. The molecule has 10 heteroatoms. The van der Waals surface area contributed by atoms with Crippen LogP contribution in [0, 0.1) is 10.1 Å². The van der Waals surface area contributed by atoms with E-state index in [0.29, 0.717) is 34.5 Å². The molecule has 0 unspecified atom stereocenters. The average Bonchev–Trinajstić information content (AvgIpc) is 3.15. The van der Waals surface area contributed by atoms with Crippen LogP contribution in [-0.2, 0) is 11.3 Å². The summed E-state index contributed by atoms with van der Waals surface area (Å²) in [6, 6.07) is 13.4. The number of ether oxygens (including phenoxy) is 1. The van der Waals surface area contributed by atoms with E-state index in [1.807, 2.05) is 23.6 Å². The highest BCUT2D eigenvalue weighted by molar-refractivity contribution is 7.99. The van der Waals surface area contributed by atoms with Crippen LogP contribution in [0.3, 0.4) is 0 Å². The van der Waals surface area contributed by atoms with Crippen molar-refractivity contribution in [3.8, 4) is 17.1 Å². The minimum absolute atomic E-state index is 0.0152. The molecule has 29 heavy (non-hydrogen) atoms. The summed E-state index contributed by atoms with van der Waals surface area (Å²) in [5, 5.41) is 22.7. The summed E-state index contributed by atoms with van der Waals surface area (Å²) in [7, 11) is 1.54. The van der Waals surface area contributed by atoms with Gasteiger partial charge in [0.1, 0.15) is 5.75 Å². The Balaban J connectivity index is 1.73. The third kappa shape index (κ3) is 4.72. The number of para-hydroxylation sites is 2. The first-order chi connectivity index (χ1) is 14.0. The third-order valence-corrected chi connectivity index (χ3v) is 5.03. The van der Waals surface area contributed by atoms with Crippen molar-refractivity contribution in [2.24, 2.45) is 0 Å². The van der Waals surface area contributed by atoms with Crippen molar-refractivity contribution in [3.63, 3.8) is 0 Å². The number of nitro groups is 1. The summed E-state index contributed by atoms with van der Waals surface area (Å²) < 4.78 is 7.05. The highest BCUT2D eigenvalue weighted by Crippen LogP contribution is 2.27. The quantitative estimate of drug-likeness (QED) is 0.341. The first kappa shape index (κ1) is 20.3. The van der Waals surface area contributed by atoms with Crippen molar-refractivity contribution in [3.05, 3.63) is 58.6 Å². The molecule has 0 radical (unpaired) electrons. The summed E-state index contributed by atoms with van der Waals surface area (Å²) >= 11 is 1.24. The van der Waals surface area contributed by atoms with Gasteiger partial charge in [-0.3, -0.25) is 14.9 Å². The van der Waals surface area contributed by atoms with Gasteiger partial charge in [-0.05, 0) is 19.1 Å². The summed E-state index contributed by atoms with van der Waals surface area (Å²) in [6.45, 7) is 2.48. The van der Waals surface area contributed by atoms with Gasteiger partial charge >= 0.3 is 0 Å². The van der Waals surface area contributed by atoms with E-state index < -0.39 is 4.92 Å². The SMILES string of the molecule is CCn1c(SCC(=O)Nc2ccccc2OC)nnc1-c1cccc([N+](=O)[O-])c1. The van der Waals surface area contributed by atoms with Gasteiger partial charge in [-0.2, -0.15) is 0 Å². The van der Waals surface area contributed by atoms with Crippen LogP contribution in [0.5, 0.6) is 5.75 Å². The van der Waals surface area contributed by atoms with E-state index in [0.717, 1.165) is 0 Å². The molecule has 0 atom stereocenters. The molecule has 0 saturated heterocycles. The van der Waals surface area contributed by atoms with E-state index in [1.54, 1.807) is 31.4 Å². The van der Waals surface area contributed by atoms with E-state index >= 15 is 0 Å². The van der Waals surface area contributed by atoms with E-state index in [9.17, 15) is 14.9 Å². The summed E-state index contributed by atoms with van der Waals surface area (Å²) in [5.74, 6) is 1.02. The van der Waals surface area contributed by atoms with Crippen molar-refractivity contribution in [2.45, 2.75) is 18.6 Å². The predicted octanol–water partition coefficient (Wildman–Crippen LogP) is 3.61. The zero-order valence-corrected chi connectivity index (χ0v) is 16.7. The zero-order valence-electron chi connectivity index (χ0n) is 15.9. The van der Waals surface area contributed by atoms with Crippen LogP contribution in [0.2, 0.25) is 0 Å². The molecule has 3 aromatic rings. The molecule has 0 aliphatic heterocycles. The fourth-order valence-corrected chi connectivity index (χ4v) is 3.52. The van der Waals surface area contributed by atoms with Crippen LogP contribution in [0.15, 0.2) is 53.7 Å². The first-order valence-corrected chi connectivity index (χ1v) is 9.75. The Morgan fingerprint density at radius 3 is 2.76 bits per heavy atom. The summed E-state index contributed by atoms with van der Waals surface area (Å²) in [4.78, 5) is 22.9. The van der Waals surface area contributed by atoms with Crippen molar-refractivity contribution in [2.75, 3.05) is 18.2 Å². The number of aromatic nitrogens is 3. The number of hydrogen-bond acceptors (Lipinski definition) is 7. The van der Waals surface area contributed by atoms with Crippen LogP contribution in [0.25, 0.3) is 11.4 Å². The highest BCUT2D eigenvalue weighted by Gasteiger charge is 2.17. The number of methoxy groups -OCH3 is 1. The van der Waals surface area contributed by atoms with Crippen molar-refractivity contribution in [1.29, 1.82) is 0 Å². The van der Waals surface area contributed by atoms with Crippen LogP contribution in [0.1, 0.15) is 6.92 Å². The van der Waals surface area contributed by atoms with Crippen molar-refractivity contribution in [1.82, 2.24) is 14.8 Å². The van der Waals surface area contributed by atoms with Gasteiger partial charge in [-0.1, -0.05) is 36.0 Å². The Kier molecular flexibility index (Phi) is 6.45. The fourth-order valence-electron chi connectivity index (χ4n) is 2.72. The molecular formula is C19H19N5O4S. The van der Waals surface area contributed by atoms with Gasteiger partial charge in [0.15, 0.2) is 11.0 Å². The number of anilines is 1. The molecule has 1 heterocycles. The van der Waals surface area contributed by atoms with Crippen LogP contribution in [-0.4, -0.2) is 38.5 Å². The van der Waals surface area contributed by atoms with E-state index in [4.69, 9.17) is 4.74 Å². The number of carbonyl (C=O) groups is 1. The first-order valence-electron chi connectivity index (χ1n) is 8.77. The molecule has 0 bridgehead atoms. The lowest BCUT2D eigenvalue weighted by molar-refractivity contribution is -0.384. The van der Waals surface area contributed by atoms with E-state index in [1.165, 1.54) is 23.9 Å². The number of nitrogens with zero attached hydrogens (tertiary/aromatic N) is 4. The minimum atomic E-state index is -0.450. The molecule has 0 aliphatic carbocycles. The molecule has 1 amide bonds. The Bertz CT molecular complexity index is 1040. The van der Waals surface area contributed by atoms with E-state index in [2.05, 4.69) is 15.5 Å². The van der Waals surface area contributed by atoms with Gasteiger partial charge in [-0.15, -0.1) is 10.2 Å². The molecule has 150 valence electrons. The second-order valence-corrected chi connectivity index (χ2v) is 6.84. The van der Waals surface area contributed by atoms with Crippen molar-refractivity contribution >= 4 is 29.0 Å². The fraction of sp³-hybridized carbons (Fsp3) is 0.211. The predicted molar refractivity (Wildman–Crippen MR) is 110 cm³/mol. The average molecular weight is 413 g/mol. The molecule has 0 saturated carbocycles. The lowest BCUT2D eigenvalue weighted by Gasteiger charge is -2.10. The van der Waals surface area contributed by atoms with Gasteiger partial charge in [0.05, 0.1) is 23.5 Å². The number of non-ortho nitro benzene ring substituents is 1. The second kappa shape index (κ2) is 9.20. The molecule has 0 aliphatic rings. The summed E-state index contributed by atoms with van der Waals surface area (Å²) in [6.07, 6.45) is 0. The highest BCUT2D eigenvalue weighted by atomic mass is 32.2. The molecule has 0 fully saturated rings. The maximum Gasteiger partial charge on any atom is 0.270 e. The standard InChI is InChI=1S/C19H19N5O4S/c1-3-23-18(13-7-6-8-14(11-13)24(26)27)21-22-19(23)29-12-17(25)20-15-9-4-5-10-16(15)28-2/h4-11H,3,12H2,1-2H3,(H,20,25). The Morgan fingerprint density at radius 2 is 2.03 bits per heavy atom. The number of nitrogens with one attached hydrogen (secondary N) is 1. The monoisotopic (exact) mass is 413 g/mol. The molecule has 2 aromatic carbocycles. The maximum absolute atomic E-state index is 12.3. The topological polar surface area (TPSA) is 112 Å². The Labute approximate surface area is 171 Å². The number of rotatable bonds is 8. The number of benzene rings is 2. The Hall–Kier alpha value is -3.40. The normalized spacial score (nSPS) is 10.6. The van der Waals surface area contributed by atoms with Crippen molar-refractivity contribution < 1.29 is 14.5 Å². The third-order valence-electron chi connectivity index (χ3n) is 4.06. The molecule has 9 nitrogen and oxygen atoms in total. The number of amides is 1. The lowest BCUT2D eigenvalue weighted by Crippen LogP contribution is -2.15. The lowest BCUT2D eigenvalue weighted by atomic mass is 10.2. The smallest absolute Gasteiger partial charge is 0.270 e. The minimum Gasteiger partial charge on any atom is -0.495 e. The van der Waals surface area contributed by atoms with E-state index in [-0.39, 0.29) is 17.3 Å². The second-order valence-electron chi connectivity index (χ2n) is 5.90. The van der Waals surface area contributed by atoms with Gasteiger partial charge in [-0.25, -0.2) is 0 Å².